The highest BCUT2D eigenvalue weighted by Gasteiger charge is 2.21. The first kappa shape index (κ1) is 5.41. The Kier molecular flexibility index (Phi) is 1.37. The predicted molar refractivity (Wildman–Crippen MR) is 30.7 cm³/mol. The Hall–Kier alpha value is -0.730. The Balaban J connectivity index is 2.34. The van der Waals surface area contributed by atoms with Crippen molar-refractivity contribution in [3.8, 4) is 0 Å². The van der Waals surface area contributed by atoms with E-state index >= 15 is 0 Å². The molecular formula is C5H10N2O. The standard InChI is InChI=1S/C5H10N2O/c6-5(7-8)4-2-1-3-4/h4,8H,1-3H2,(H2,6,7). The molecule has 0 atom stereocenters. The first-order valence-electron chi connectivity index (χ1n) is 2.82. The van der Waals surface area contributed by atoms with E-state index < -0.39 is 0 Å². The fourth-order valence-electron chi connectivity index (χ4n) is 0.786. The molecule has 1 fully saturated rings. The van der Waals surface area contributed by atoms with Gasteiger partial charge in [-0.2, -0.15) is 0 Å². The van der Waals surface area contributed by atoms with Crippen molar-refractivity contribution in [2.75, 3.05) is 0 Å². The molecule has 1 aliphatic carbocycles. The Morgan fingerprint density at radius 2 is 2.25 bits per heavy atom. The molecule has 0 radical (unpaired) electrons. The number of amidine groups is 1. The number of hydrogen-bond acceptors (Lipinski definition) is 2. The van der Waals surface area contributed by atoms with E-state index in [4.69, 9.17) is 10.9 Å². The van der Waals surface area contributed by atoms with Gasteiger partial charge in [-0.15, -0.1) is 0 Å². The minimum absolute atomic E-state index is 0.375. The zero-order valence-electron chi connectivity index (χ0n) is 4.67. The zero-order valence-corrected chi connectivity index (χ0v) is 4.67. The molecule has 1 saturated carbocycles. The lowest BCUT2D eigenvalue weighted by Crippen LogP contribution is -2.28. The highest BCUT2D eigenvalue weighted by atomic mass is 16.4. The lowest BCUT2D eigenvalue weighted by molar-refractivity contribution is 0.304. The molecule has 0 aliphatic heterocycles. The van der Waals surface area contributed by atoms with Crippen molar-refractivity contribution in [1.29, 1.82) is 0 Å². The Labute approximate surface area is 48.2 Å². The van der Waals surface area contributed by atoms with Gasteiger partial charge in [-0.3, -0.25) is 0 Å². The Morgan fingerprint density at radius 1 is 1.62 bits per heavy atom. The smallest absolute Gasteiger partial charge is 0.142 e. The third-order valence-electron chi connectivity index (χ3n) is 1.64. The van der Waals surface area contributed by atoms with Gasteiger partial charge in [0.25, 0.3) is 0 Å². The van der Waals surface area contributed by atoms with Gasteiger partial charge < -0.3 is 10.9 Å². The van der Waals surface area contributed by atoms with Crippen LogP contribution in [0.5, 0.6) is 0 Å². The van der Waals surface area contributed by atoms with Crippen molar-refractivity contribution in [2.45, 2.75) is 19.3 Å². The van der Waals surface area contributed by atoms with Crippen LogP contribution in [0.4, 0.5) is 0 Å². The van der Waals surface area contributed by atoms with Crippen LogP contribution < -0.4 is 5.73 Å². The van der Waals surface area contributed by atoms with E-state index in [1.807, 2.05) is 0 Å². The molecule has 0 aromatic carbocycles. The van der Waals surface area contributed by atoms with Gasteiger partial charge >= 0.3 is 0 Å². The van der Waals surface area contributed by atoms with Crippen LogP contribution in [0.1, 0.15) is 19.3 Å². The predicted octanol–water partition coefficient (Wildman–Crippen LogP) is 0.533. The maximum atomic E-state index is 8.13. The molecule has 0 spiro atoms. The third kappa shape index (κ3) is 0.757. The lowest BCUT2D eigenvalue weighted by Gasteiger charge is -2.22. The van der Waals surface area contributed by atoms with Crippen LogP contribution in [-0.2, 0) is 0 Å². The summed E-state index contributed by atoms with van der Waals surface area (Å²) >= 11 is 0. The molecule has 0 unspecified atom stereocenters. The molecule has 1 rings (SSSR count). The van der Waals surface area contributed by atoms with Gasteiger partial charge in [0.2, 0.25) is 0 Å². The summed E-state index contributed by atoms with van der Waals surface area (Å²) in [7, 11) is 0. The molecule has 0 bridgehead atoms. The quantitative estimate of drug-likeness (QED) is 0.226. The van der Waals surface area contributed by atoms with Crippen molar-refractivity contribution in [1.82, 2.24) is 0 Å². The Bertz CT molecular complexity index is 107. The second kappa shape index (κ2) is 2.03. The molecule has 3 heteroatoms. The molecule has 3 nitrogen and oxygen atoms in total. The second-order valence-corrected chi connectivity index (χ2v) is 2.15. The molecule has 0 saturated heterocycles. The van der Waals surface area contributed by atoms with Gasteiger partial charge in [0.15, 0.2) is 0 Å². The second-order valence-electron chi connectivity index (χ2n) is 2.15. The monoisotopic (exact) mass is 114 g/mol. The fraction of sp³-hybridized carbons (Fsp3) is 0.800. The van der Waals surface area contributed by atoms with E-state index in [0.29, 0.717) is 11.8 Å². The van der Waals surface area contributed by atoms with Gasteiger partial charge in [0, 0.05) is 5.92 Å². The van der Waals surface area contributed by atoms with E-state index in [2.05, 4.69) is 5.16 Å². The summed E-state index contributed by atoms with van der Waals surface area (Å²) in [4.78, 5) is 0. The number of rotatable bonds is 1. The van der Waals surface area contributed by atoms with Gasteiger partial charge in [0.05, 0.1) is 0 Å². The normalized spacial score (nSPS) is 22.8. The summed E-state index contributed by atoms with van der Waals surface area (Å²) in [6.07, 6.45) is 3.41. The van der Waals surface area contributed by atoms with Gasteiger partial charge in [-0.1, -0.05) is 11.6 Å². The molecule has 0 aromatic rings. The van der Waals surface area contributed by atoms with Crippen LogP contribution in [-0.4, -0.2) is 11.0 Å². The topological polar surface area (TPSA) is 58.6 Å². The summed E-state index contributed by atoms with van der Waals surface area (Å²) in [5.41, 5.74) is 5.28. The van der Waals surface area contributed by atoms with Crippen LogP contribution in [0.15, 0.2) is 5.16 Å². The van der Waals surface area contributed by atoms with Crippen molar-refractivity contribution in [3.05, 3.63) is 0 Å². The van der Waals surface area contributed by atoms with E-state index in [9.17, 15) is 0 Å². The lowest BCUT2D eigenvalue weighted by atomic mass is 9.85. The average molecular weight is 114 g/mol. The molecule has 0 amide bonds. The fourth-order valence-corrected chi connectivity index (χ4v) is 0.786. The number of hydrogen-bond donors (Lipinski definition) is 2. The Morgan fingerprint density at radius 3 is 2.38 bits per heavy atom. The van der Waals surface area contributed by atoms with Crippen molar-refractivity contribution >= 4 is 5.84 Å². The molecule has 1 aliphatic rings. The molecule has 46 valence electrons. The third-order valence-corrected chi connectivity index (χ3v) is 1.64. The van der Waals surface area contributed by atoms with Gasteiger partial charge in [0.1, 0.15) is 5.84 Å². The van der Waals surface area contributed by atoms with E-state index in [1.54, 1.807) is 0 Å². The molecule has 0 heterocycles. The minimum atomic E-state index is 0.375. The summed E-state index contributed by atoms with van der Waals surface area (Å²) in [5, 5.41) is 11.0. The maximum absolute atomic E-state index is 8.13. The largest absolute Gasteiger partial charge is 0.409 e. The maximum Gasteiger partial charge on any atom is 0.142 e. The summed E-state index contributed by atoms with van der Waals surface area (Å²) in [6, 6.07) is 0. The van der Waals surface area contributed by atoms with Crippen molar-refractivity contribution < 1.29 is 5.21 Å². The first-order valence-corrected chi connectivity index (χ1v) is 2.82. The molecular weight excluding hydrogens is 104 g/mol. The van der Waals surface area contributed by atoms with Crippen LogP contribution in [0.2, 0.25) is 0 Å². The highest BCUT2D eigenvalue weighted by Crippen LogP contribution is 2.25. The van der Waals surface area contributed by atoms with E-state index in [0.717, 1.165) is 12.8 Å². The molecule has 0 aromatic heterocycles. The summed E-state index contributed by atoms with van der Waals surface area (Å²) in [5.74, 6) is 0.774. The first-order chi connectivity index (χ1) is 3.84. The van der Waals surface area contributed by atoms with Gasteiger partial charge in [-0.05, 0) is 12.8 Å². The summed E-state index contributed by atoms with van der Waals surface area (Å²) in [6.45, 7) is 0. The number of nitrogens with zero attached hydrogens (tertiary/aromatic N) is 1. The average Bonchev–Trinajstić information content (AvgIpc) is 1.62. The molecule has 8 heavy (non-hydrogen) atoms. The SMILES string of the molecule is N/C(=N\O)C1CCC1. The number of oxime groups is 1. The van der Waals surface area contributed by atoms with Crippen molar-refractivity contribution in [2.24, 2.45) is 16.8 Å². The highest BCUT2D eigenvalue weighted by molar-refractivity contribution is 5.82. The summed E-state index contributed by atoms with van der Waals surface area (Å²) < 4.78 is 0. The van der Waals surface area contributed by atoms with Crippen LogP contribution >= 0.6 is 0 Å². The van der Waals surface area contributed by atoms with Crippen LogP contribution in [0.25, 0.3) is 0 Å². The van der Waals surface area contributed by atoms with Crippen LogP contribution in [0.3, 0.4) is 0 Å². The number of nitrogens with two attached hydrogens (primary N) is 1. The minimum Gasteiger partial charge on any atom is -0.409 e. The zero-order chi connectivity index (χ0) is 5.98. The molecule has 3 N–H and O–H groups in total. The van der Waals surface area contributed by atoms with E-state index in [-0.39, 0.29) is 0 Å². The van der Waals surface area contributed by atoms with E-state index in [1.165, 1.54) is 6.42 Å². The van der Waals surface area contributed by atoms with Gasteiger partial charge in [-0.25, -0.2) is 0 Å². The van der Waals surface area contributed by atoms with Crippen molar-refractivity contribution in [3.63, 3.8) is 0 Å². The van der Waals surface area contributed by atoms with Crippen LogP contribution in [0, 0.1) is 5.92 Å².